The molecule has 17 heteroatoms. The number of aliphatic hydroxyl groups is 2. The average molecular weight is 631 g/mol. The van der Waals surface area contributed by atoms with E-state index in [1.54, 1.807) is 43.3 Å². The first kappa shape index (κ1) is 30.0. The van der Waals surface area contributed by atoms with Gasteiger partial charge in [0.2, 0.25) is 0 Å². The summed E-state index contributed by atoms with van der Waals surface area (Å²) in [6, 6.07) is 10.8. The van der Waals surface area contributed by atoms with Crippen molar-refractivity contribution < 1.29 is 47.7 Å². The zero-order valence-corrected chi connectivity index (χ0v) is 23.8. The molecular weight excluding hydrogens is 605 g/mol. The highest BCUT2D eigenvalue weighted by molar-refractivity contribution is 7.70. The van der Waals surface area contributed by atoms with Crippen molar-refractivity contribution in [3.05, 3.63) is 65.2 Å². The lowest BCUT2D eigenvalue weighted by Gasteiger charge is -2.20. The van der Waals surface area contributed by atoms with Crippen LogP contribution in [0.4, 0.5) is 10.1 Å². The number of fused-ring (bicyclic) bond motifs is 3. The van der Waals surface area contributed by atoms with E-state index in [0.29, 0.717) is 27.7 Å². The third kappa shape index (κ3) is 6.18. The van der Waals surface area contributed by atoms with Crippen molar-refractivity contribution in [2.24, 2.45) is 0 Å². The first-order valence-corrected chi connectivity index (χ1v) is 16.2. The predicted octanol–water partition coefficient (Wildman–Crippen LogP) is 3.51. The van der Waals surface area contributed by atoms with E-state index >= 15 is 0 Å². The molecule has 1 aliphatic heterocycles. The number of rotatable bonds is 9. The van der Waals surface area contributed by atoms with E-state index in [-0.39, 0.29) is 10.8 Å². The lowest BCUT2D eigenvalue weighted by atomic mass is 10.1. The number of hydrogen-bond acceptors (Lipinski definition) is 9. The lowest BCUT2D eigenvalue weighted by molar-refractivity contribution is -0.0464. The average Bonchev–Trinajstić information content (AvgIpc) is 3.35. The van der Waals surface area contributed by atoms with Gasteiger partial charge in [0.15, 0.2) is 12.1 Å². The molecule has 4 aromatic rings. The monoisotopic (exact) mass is 630 g/mol. The van der Waals surface area contributed by atoms with E-state index in [1.807, 2.05) is 0 Å². The molecule has 1 aromatic carbocycles. The predicted molar refractivity (Wildman–Crippen MR) is 147 cm³/mol. The first-order valence-electron chi connectivity index (χ1n) is 12.2. The molecule has 6 N–H and O–H groups in total. The second kappa shape index (κ2) is 11.3. The fraction of sp³-hybridized carbons (Fsp3) is 0.333. The van der Waals surface area contributed by atoms with E-state index in [9.17, 15) is 28.6 Å². The Morgan fingerprint density at radius 1 is 1.15 bits per heavy atom. The molecule has 0 spiro atoms. The highest BCUT2D eigenvalue weighted by Crippen LogP contribution is 2.55. The summed E-state index contributed by atoms with van der Waals surface area (Å²) in [6.07, 6.45) is -4.41. The van der Waals surface area contributed by atoms with Gasteiger partial charge in [-0.1, -0.05) is 29.8 Å². The number of nitrogens with one attached hydrogen (secondary N) is 1. The second-order valence-corrected chi connectivity index (χ2v) is 14.0. The third-order valence-corrected chi connectivity index (χ3v) is 10.3. The summed E-state index contributed by atoms with van der Waals surface area (Å²) in [5.74, 6) is -1.82. The molecule has 0 amide bonds. The minimum absolute atomic E-state index is 0.0522. The molecule has 0 bridgehead atoms. The Hall–Kier alpha value is -2.48. The van der Waals surface area contributed by atoms with Crippen LogP contribution in [0.1, 0.15) is 24.8 Å². The number of anilines is 1. The fourth-order valence-corrected chi connectivity index (χ4v) is 7.62. The van der Waals surface area contributed by atoms with Gasteiger partial charge in [-0.25, -0.2) is 14.4 Å². The molecule has 1 fully saturated rings. The van der Waals surface area contributed by atoms with Crippen molar-refractivity contribution in [1.82, 2.24) is 14.5 Å². The standard InChI is InChI=1S/C24H26ClFN4O9P2/c1-12(13-5-2-3-7-15(13)26)28-16-9-18(25)29-23-19(16)14-6-4-8-27-22(14)30(23)24-21(32)20(31)17(39-24)10-38-41(36,37)11-40(33,34)35/h2-9,12,17,20-21,24,31-32H,10-11H2,1H3,(H,28,29)(H,36,37)(H2,33,34,35)/t12-,17+,20+,21+,24+/m0/s1. The van der Waals surface area contributed by atoms with Crippen LogP contribution in [0.25, 0.3) is 22.1 Å². The SMILES string of the molecule is C[C@H](Nc1cc(Cl)nc2c1c1cccnc1n2[C@@H]1O[C@H](COP(=O)(O)CP(=O)(O)O)[C@@H](O)[C@H]1O)c1ccccc1F. The molecule has 1 unspecified atom stereocenters. The van der Waals surface area contributed by atoms with Gasteiger partial charge in [-0.2, -0.15) is 0 Å². The molecule has 3 aromatic heterocycles. The minimum atomic E-state index is -4.88. The minimum Gasteiger partial charge on any atom is -0.387 e. The Labute approximate surface area is 237 Å². The van der Waals surface area contributed by atoms with Gasteiger partial charge in [0, 0.05) is 22.8 Å². The number of hydrogen-bond donors (Lipinski definition) is 6. The van der Waals surface area contributed by atoms with Gasteiger partial charge in [0.25, 0.3) is 0 Å². The molecule has 1 saturated heterocycles. The van der Waals surface area contributed by atoms with Gasteiger partial charge in [0.05, 0.1) is 18.0 Å². The van der Waals surface area contributed by atoms with Crippen molar-refractivity contribution in [3.63, 3.8) is 0 Å². The van der Waals surface area contributed by atoms with Crippen LogP contribution in [0, 0.1) is 5.82 Å². The lowest BCUT2D eigenvalue weighted by Crippen LogP contribution is -2.33. The number of benzene rings is 1. The largest absolute Gasteiger partial charge is 0.387 e. The van der Waals surface area contributed by atoms with Crippen LogP contribution in [-0.4, -0.2) is 70.3 Å². The highest BCUT2D eigenvalue weighted by atomic mass is 35.5. The summed E-state index contributed by atoms with van der Waals surface area (Å²) >= 11 is 6.38. The molecule has 13 nitrogen and oxygen atoms in total. The van der Waals surface area contributed by atoms with Crippen molar-refractivity contribution in [3.8, 4) is 0 Å². The maximum atomic E-state index is 14.5. The van der Waals surface area contributed by atoms with Gasteiger partial charge in [-0.05, 0) is 31.2 Å². The molecular formula is C24H26ClFN4O9P2. The maximum absolute atomic E-state index is 14.5. The summed E-state index contributed by atoms with van der Waals surface area (Å²) in [6.45, 7) is 1.02. The van der Waals surface area contributed by atoms with Gasteiger partial charge in [-0.3, -0.25) is 13.7 Å². The Morgan fingerprint density at radius 2 is 1.88 bits per heavy atom. The van der Waals surface area contributed by atoms with E-state index in [0.717, 1.165) is 0 Å². The maximum Gasteiger partial charge on any atom is 0.340 e. The molecule has 1 aliphatic rings. The molecule has 0 radical (unpaired) electrons. The summed E-state index contributed by atoms with van der Waals surface area (Å²) < 4.78 is 49.8. The van der Waals surface area contributed by atoms with Crippen molar-refractivity contribution in [2.45, 2.75) is 37.5 Å². The number of aliphatic hydroxyl groups excluding tert-OH is 2. The molecule has 0 aliphatic carbocycles. The van der Waals surface area contributed by atoms with E-state index in [2.05, 4.69) is 15.3 Å². The van der Waals surface area contributed by atoms with Gasteiger partial charge in [-0.15, -0.1) is 0 Å². The number of aromatic nitrogens is 3. The zero-order chi connectivity index (χ0) is 29.7. The van der Waals surface area contributed by atoms with Crippen LogP contribution in [0.2, 0.25) is 5.15 Å². The number of ether oxygens (including phenoxy) is 1. The first-order chi connectivity index (χ1) is 19.3. The highest BCUT2D eigenvalue weighted by Gasteiger charge is 2.46. The molecule has 41 heavy (non-hydrogen) atoms. The molecule has 6 atom stereocenters. The fourth-order valence-electron chi connectivity index (χ4n) is 4.86. The summed E-state index contributed by atoms with van der Waals surface area (Å²) in [5, 5.41) is 26.0. The van der Waals surface area contributed by atoms with Gasteiger partial charge < -0.3 is 39.5 Å². The Balaban J connectivity index is 1.53. The number of halogens is 2. The van der Waals surface area contributed by atoms with Crippen molar-refractivity contribution in [1.29, 1.82) is 0 Å². The zero-order valence-electron chi connectivity index (χ0n) is 21.3. The smallest absolute Gasteiger partial charge is 0.340 e. The number of pyridine rings is 2. The van der Waals surface area contributed by atoms with E-state index in [4.69, 9.17) is 30.6 Å². The second-order valence-electron chi connectivity index (χ2n) is 9.61. The normalized spacial score (nSPS) is 23.6. The molecule has 4 heterocycles. The summed E-state index contributed by atoms with van der Waals surface area (Å²) in [5.41, 5.74) is 1.41. The molecule has 5 rings (SSSR count). The number of nitrogens with zero attached hydrogens (tertiary/aromatic N) is 3. The Bertz CT molecular complexity index is 1700. The molecule has 220 valence electrons. The van der Waals surface area contributed by atoms with E-state index in [1.165, 1.54) is 16.8 Å². The van der Waals surface area contributed by atoms with Crippen LogP contribution in [-0.2, 0) is 18.4 Å². The quantitative estimate of drug-likeness (QED) is 0.116. The Morgan fingerprint density at radius 3 is 2.59 bits per heavy atom. The van der Waals surface area contributed by atoms with Crippen molar-refractivity contribution in [2.75, 3.05) is 17.8 Å². The summed E-state index contributed by atoms with van der Waals surface area (Å²) in [7, 11) is -9.62. The van der Waals surface area contributed by atoms with Crippen LogP contribution >= 0.6 is 26.8 Å². The van der Waals surface area contributed by atoms with Crippen LogP contribution in [0.5, 0.6) is 0 Å². The molecule has 0 saturated carbocycles. The topological polar surface area (TPSA) is 196 Å². The third-order valence-electron chi connectivity index (χ3n) is 6.62. The van der Waals surface area contributed by atoms with Gasteiger partial charge >= 0.3 is 15.2 Å². The van der Waals surface area contributed by atoms with E-state index < -0.39 is 64.1 Å². The van der Waals surface area contributed by atoms with Crippen LogP contribution in [0.15, 0.2) is 48.7 Å². The Kier molecular flexibility index (Phi) is 8.27. The van der Waals surface area contributed by atoms with Gasteiger partial charge in [0.1, 0.15) is 40.6 Å². The van der Waals surface area contributed by atoms with Crippen molar-refractivity contribution >= 4 is 54.5 Å². The van der Waals surface area contributed by atoms with Crippen LogP contribution in [0.3, 0.4) is 0 Å². The van der Waals surface area contributed by atoms with Crippen LogP contribution < -0.4 is 5.32 Å². The summed E-state index contributed by atoms with van der Waals surface area (Å²) in [4.78, 5) is 36.7.